The Hall–Kier alpha value is -3.80. The molecule has 1 aliphatic carbocycles. The Labute approximate surface area is 248 Å². The molecule has 3 aliphatic rings. The van der Waals surface area contributed by atoms with Crippen LogP contribution in [0.5, 0.6) is 5.75 Å². The summed E-state index contributed by atoms with van der Waals surface area (Å²) in [6.07, 6.45) is -2.53. The van der Waals surface area contributed by atoms with Gasteiger partial charge in [0.1, 0.15) is 19.0 Å². The fraction of sp³-hybridized carbons (Fsp3) is 0.516. The predicted octanol–water partition coefficient (Wildman–Crippen LogP) is 5.28. The van der Waals surface area contributed by atoms with Crippen molar-refractivity contribution in [2.24, 2.45) is 0 Å². The lowest BCUT2D eigenvalue weighted by molar-refractivity contribution is -0.191. The molecule has 1 N–H and O–H groups in total. The maximum atomic E-state index is 13.5. The van der Waals surface area contributed by atoms with Crippen LogP contribution in [0.4, 0.5) is 23.7 Å². The molecular weight excluding hydrogens is 567 g/mol. The van der Waals surface area contributed by atoms with Crippen LogP contribution in [0.15, 0.2) is 48.5 Å². The van der Waals surface area contributed by atoms with Crippen molar-refractivity contribution in [3.05, 3.63) is 59.7 Å². The first kappa shape index (κ1) is 30.7. The molecule has 1 atom stereocenters. The van der Waals surface area contributed by atoms with Crippen LogP contribution in [-0.4, -0.2) is 66.9 Å². The number of nitrogens with one attached hydrogen (secondary N) is 1. The highest BCUT2D eigenvalue weighted by molar-refractivity contribution is 5.91. The van der Waals surface area contributed by atoms with Gasteiger partial charge in [-0.3, -0.25) is 14.5 Å². The summed E-state index contributed by atoms with van der Waals surface area (Å²) in [6, 6.07) is 13.8. The number of rotatable bonds is 8. The Kier molecular flexibility index (Phi) is 9.43. The van der Waals surface area contributed by atoms with Crippen LogP contribution in [0.1, 0.15) is 62.7 Å². The topological polar surface area (TPSA) is 97.4 Å². The van der Waals surface area contributed by atoms with E-state index in [0.29, 0.717) is 24.2 Å². The minimum Gasteiger partial charge on any atom is -0.490 e. The van der Waals surface area contributed by atoms with E-state index in [1.54, 1.807) is 29.2 Å². The van der Waals surface area contributed by atoms with Gasteiger partial charge in [-0.2, -0.15) is 13.2 Å². The van der Waals surface area contributed by atoms with Gasteiger partial charge in [0.2, 0.25) is 5.91 Å². The lowest BCUT2D eigenvalue weighted by atomic mass is 9.93. The van der Waals surface area contributed by atoms with E-state index in [1.165, 1.54) is 11.8 Å². The second kappa shape index (κ2) is 13.2. The summed E-state index contributed by atoms with van der Waals surface area (Å²) in [5.41, 5.74) is 1.97. The van der Waals surface area contributed by atoms with Gasteiger partial charge in [-0.1, -0.05) is 30.3 Å². The number of nitrogens with zero attached hydrogens (tertiary/aromatic N) is 2. The van der Waals surface area contributed by atoms with Crippen molar-refractivity contribution < 1.29 is 41.8 Å². The van der Waals surface area contributed by atoms with Crippen molar-refractivity contribution >= 4 is 23.6 Å². The van der Waals surface area contributed by atoms with Crippen molar-refractivity contribution in [2.75, 3.05) is 24.6 Å². The van der Waals surface area contributed by atoms with Crippen molar-refractivity contribution in [1.82, 2.24) is 10.2 Å². The standard InChI is InChI=1S/C31H36F3N3O6/c1-20(38)35-23-8-12-26(13-9-23)43-25-10-6-21(7-11-25)28(42-19-31(32,33)34)29(39)36-16-14-24(15-17-36)37-27-5-3-2-4-22(27)18-41-30(37)40/h2-7,10-11,23-24,26,28H,8-9,12-19H2,1H3,(H,35,38). The molecule has 0 spiro atoms. The average molecular weight is 604 g/mol. The number of benzene rings is 2. The van der Waals surface area contributed by atoms with Crippen molar-refractivity contribution in [1.29, 1.82) is 0 Å². The summed E-state index contributed by atoms with van der Waals surface area (Å²) in [5.74, 6) is -0.0730. The summed E-state index contributed by atoms with van der Waals surface area (Å²) in [7, 11) is 0. The quantitative estimate of drug-likeness (QED) is 0.441. The Balaban J connectivity index is 1.22. The summed E-state index contributed by atoms with van der Waals surface area (Å²) < 4.78 is 56.0. The van der Waals surface area contributed by atoms with Gasteiger partial charge < -0.3 is 24.4 Å². The molecule has 12 heteroatoms. The number of anilines is 1. The molecule has 1 unspecified atom stereocenters. The van der Waals surface area contributed by atoms with Crippen LogP contribution in [0, 0.1) is 0 Å². The van der Waals surface area contributed by atoms with Crippen molar-refractivity contribution in [3.63, 3.8) is 0 Å². The van der Waals surface area contributed by atoms with E-state index in [-0.39, 0.29) is 43.8 Å². The monoisotopic (exact) mass is 603 g/mol. The average Bonchev–Trinajstić information content (AvgIpc) is 2.98. The van der Waals surface area contributed by atoms with Crippen LogP contribution in [0.3, 0.4) is 0 Å². The molecule has 0 radical (unpaired) electrons. The number of piperidine rings is 1. The smallest absolute Gasteiger partial charge is 0.414 e. The second-order valence-corrected chi connectivity index (χ2v) is 11.3. The Bertz CT molecular complexity index is 1290. The Morgan fingerprint density at radius 2 is 1.67 bits per heavy atom. The Morgan fingerprint density at radius 1 is 1.00 bits per heavy atom. The number of hydrogen-bond acceptors (Lipinski definition) is 6. The van der Waals surface area contributed by atoms with E-state index in [0.717, 1.165) is 36.9 Å². The zero-order chi connectivity index (χ0) is 30.6. The van der Waals surface area contributed by atoms with Gasteiger partial charge in [0.15, 0.2) is 6.10 Å². The third kappa shape index (κ3) is 7.78. The fourth-order valence-corrected chi connectivity index (χ4v) is 6.05. The van der Waals surface area contributed by atoms with E-state index in [4.69, 9.17) is 14.2 Å². The van der Waals surface area contributed by atoms with Crippen molar-refractivity contribution in [3.8, 4) is 5.75 Å². The number of amides is 3. The van der Waals surface area contributed by atoms with Gasteiger partial charge in [-0.15, -0.1) is 0 Å². The van der Waals surface area contributed by atoms with Gasteiger partial charge in [-0.05, 0) is 62.3 Å². The lowest BCUT2D eigenvalue weighted by Gasteiger charge is -2.40. The minimum absolute atomic E-state index is 0.0415. The van der Waals surface area contributed by atoms with Crippen LogP contribution < -0.4 is 15.0 Å². The van der Waals surface area contributed by atoms with Gasteiger partial charge in [0, 0.05) is 37.7 Å². The fourth-order valence-electron chi connectivity index (χ4n) is 6.05. The summed E-state index contributed by atoms with van der Waals surface area (Å²) in [5, 5.41) is 2.92. The second-order valence-electron chi connectivity index (χ2n) is 11.3. The molecule has 0 bridgehead atoms. The molecule has 5 rings (SSSR count). The molecule has 1 saturated heterocycles. The molecule has 9 nitrogen and oxygen atoms in total. The first-order chi connectivity index (χ1) is 20.6. The molecule has 2 aliphatic heterocycles. The minimum atomic E-state index is -4.60. The van der Waals surface area contributed by atoms with Crippen LogP contribution >= 0.6 is 0 Å². The zero-order valence-electron chi connectivity index (χ0n) is 24.0. The molecule has 2 aromatic carbocycles. The number of carbonyl (C=O) groups is 3. The maximum Gasteiger partial charge on any atom is 0.414 e. The van der Waals surface area contributed by atoms with Crippen LogP contribution in [0.25, 0.3) is 0 Å². The van der Waals surface area contributed by atoms with Gasteiger partial charge in [0.25, 0.3) is 5.91 Å². The molecule has 232 valence electrons. The molecule has 2 fully saturated rings. The van der Waals surface area contributed by atoms with E-state index in [9.17, 15) is 27.6 Å². The normalized spacial score (nSPS) is 21.9. The van der Waals surface area contributed by atoms with Gasteiger partial charge >= 0.3 is 12.3 Å². The predicted molar refractivity (Wildman–Crippen MR) is 150 cm³/mol. The highest BCUT2D eigenvalue weighted by Gasteiger charge is 2.38. The van der Waals surface area contributed by atoms with E-state index in [1.807, 2.05) is 24.3 Å². The molecule has 1 saturated carbocycles. The number of hydrogen-bond donors (Lipinski definition) is 1. The molecule has 0 aromatic heterocycles. The number of halogens is 3. The molecule has 3 amide bonds. The lowest BCUT2D eigenvalue weighted by Crippen LogP contribution is -2.51. The zero-order valence-corrected chi connectivity index (χ0v) is 24.0. The summed E-state index contributed by atoms with van der Waals surface area (Å²) >= 11 is 0. The first-order valence-electron chi connectivity index (χ1n) is 14.6. The highest BCUT2D eigenvalue weighted by Crippen LogP contribution is 2.33. The van der Waals surface area contributed by atoms with E-state index < -0.39 is 30.9 Å². The van der Waals surface area contributed by atoms with Crippen LogP contribution in [-0.2, 0) is 25.7 Å². The number of likely N-dealkylation sites (tertiary alicyclic amines) is 1. The van der Waals surface area contributed by atoms with Crippen LogP contribution in [0.2, 0.25) is 0 Å². The number of ether oxygens (including phenoxy) is 3. The summed E-state index contributed by atoms with van der Waals surface area (Å²) in [4.78, 5) is 40.6. The maximum absolute atomic E-state index is 13.5. The van der Waals surface area contributed by atoms with E-state index in [2.05, 4.69) is 5.32 Å². The molecular formula is C31H36F3N3O6. The first-order valence-corrected chi connectivity index (χ1v) is 14.6. The third-order valence-electron chi connectivity index (χ3n) is 8.15. The number of carbonyl (C=O) groups excluding carboxylic acids is 3. The third-order valence-corrected chi connectivity index (χ3v) is 8.15. The molecule has 2 heterocycles. The number of cyclic esters (lactones) is 1. The molecule has 43 heavy (non-hydrogen) atoms. The largest absolute Gasteiger partial charge is 0.490 e. The van der Waals surface area contributed by atoms with E-state index >= 15 is 0 Å². The Morgan fingerprint density at radius 3 is 2.33 bits per heavy atom. The number of alkyl halides is 3. The van der Waals surface area contributed by atoms with Crippen molar-refractivity contribution in [2.45, 2.75) is 82.5 Å². The van der Waals surface area contributed by atoms with Gasteiger partial charge in [0.05, 0.1) is 11.8 Å². The molecule has 2 aromatic rings. The highest BCUT2D eigenvalue weighted by atomic mass is 19.4. The number of para-hydroxylation sites is 1. The van der Waals surface area contributed by atoms with Gasteiger partial charge in [-0.25, -0.2) is 4.79 Å². The summed E-state index contributed by atoms with van der Waals surface area (Å²) in [6.45, 7) is 0.638. The number of fused-ring (bicyclic) bond motifs is 1. The SMILES string of the molecule is CC(=O)NC1CCC(Oc2ccc(C(OCC(F)(F)F)C(=O)N3CCC(N4C(=O)OCc5ccccc54)CC3)cc2)CC1.